The highest BCUT2D eigenvalue weighted by Gasteiger charge is 2.30. The van der Waals surface area contributed by atoms with E-state index in [1.54, 1.807) is 0 Å². The molecule has 0 saturated carbocycles. The van der Waals surface area contributed by atoms with Crippen molar-refractivity contribution in [2.75, 3.05) is 39.6 Å². The van der Waals surface area contributed by atoms with E-state index >= 15 is 0 Å². The van der Waals surface area contributed by atoms with Crippen LogP contribution in [0.3, 0.4) is 0 Å². The SMILES string of the molecule is CCC(C)CCCCCCCCCCCCC(=O)OC[C@H](COP(=O)(O)OC[C@@H](O)COP(=O)(O)OC[C@@H](COC(=O)CCCCCCCCC(C)C)OC(=O)CCCCCCCCCCC(C)CC)OC(=O)CCCCCCCCCCC(C)C. The molecule has 0 spiro atoms. The Kier molecular flexibility index (Phi) is 55.7. The minimum atomic E-state index is -4.95. The van der Waals surface area contributed by atoms with E-state index in [0.717, 1.165) is 114 Å². The first-order chi connectivity index (χ1) is 41.2. The maximum Gasteiger partial charge on any atom is 0.472 e. The first kappa shape index (κ1) is 84.1. The van der Waals surface area contributed by atoms with Crippen molar-refractivity contribution in [3.8, 4) is 0 Å². The van der Waals surface area contributed by atoms with Crippen LogP contribution in [-0.2, 0) is 65.4 Å². The average Bonchev–Trinajstić information content (AvgIpc) is 3.67. The van der Waals surface area contributed by atoms with E-state index in [9.17, 15) is 43.2 Å². The Balaban J connectivity index is 5.25. The molecule has 17 nitrogen and oxygen atoms in total. The fourth-order valence-corrected chi connectivity index (χ4v) is 11.5. The summed E-state index contributed by atoms with van der Waals surface area (Å²) >= 11 is 0. The molecule has 510 valence electrons. The van der Waals surface area contributed by atoms with Crippen LogP contribution in [0.1, 0.15) is 325 Å². The van der Waals surface area contributed by atoms with E-state index in [-0.39, 0.29) is 25.7 Å². The van der Waals surface area contributed by atoms with E-state index < -0.39 is 97.5 Å². The van der Waals surface area contributed by atoms with Crippen LogP contribution >= 0.6 is 15.6 Å². The second-order valence-electron chi connectivity index (χ2n) is 25.6. The normalized spacial score (nSPS) is 15.0. The maximum atomic E-state index is 13.0. The maximum absolute atomic E-state index is 13.0. The molecule has 0 aromatic heterocycles. The zero-order chi connectivity index (χ0) is 63.9. The average molecular weight is 1270 g/mol. The standard InChI is InChI=1S/C67H130O17P2/c1-9-59(7)45-37-29-20-13-11-12-14-22-31-39-47-64(69)77-53-62(83-66(71)49-41-33-23-17-15-19-27-35-43-57(3)4)55-81-85(73,74)79-51-61(68)52-80-86(75,76)82-56-63(54-78-65(70)48-40-32-26-25-28-36-44-58(5)6)84-67(72)50-42-34-24-18-16-21-30-38-46-60(8)10-2/h57-63,68H,9-56H2,1-8H3,(H,73,74)(H,75,76)/t59?,60?,61-,62-,63-/m1/s1. The zero-order valence-corrected chi connectivity index (χ0v) is 57.7. The molecule has 0 aliphatic heterocycles. The van der Waals surface area contributed by atoms with Gasteiger partial charge in [0.15, 0.2) is 12.2 Å². The lowest BCUT2D eigenvalue weighted by Gasteiger charge is -2.21. The highest BCUT2D eigenvalue weighted by Crippen LogP contribution is 2.45. The second-order valence-corrected chi connectivity index (χ2v) is 28.6. The Bertz CT molecular complexity index is 1720. The fourth-order valence-electron chi connectivity index (χ4n) is 9.89. The lowest BCUT2D eigenvalue weighted by molar-refractivity contribution is -0.161. The van der Waals surface area contributed by atoms with Gasteiger partial charge in [-0.15, -0.1) is 0 Å². The van der Waals surface area contributed by atoms with Crippen LogP contribution in [0.4, 0.5) is 0 Å². The van der Waals surface area contributed by atoms with E-state index in [1.165, 1.54) is 122 Å². The molecule has 86 heavy (non-hydrogen) atoms. The molecule has 0 fully saturated rings. The van der Waals surface area contributed by atoms with Crippen molar-refractivity contribution in [1.29, 1.82) is 0 Å². The number of hydrogen-bond acceptors (Lipinski definition) is 15. The monoisotopic (exact) mass is 1270 g/mol. The van der Waals surface area contributed by atoms with Crippen molar-refractivity contribution in [1.82, 2.24) is 0 Å². The largest absolute Gasteiger partial charge is 0.472 e. The van der Waals surface area contributed by atoms with Crippen LogP contribution in [0.15, 0.2) is 0 Å². The summed E-state index contributed by atoms with van der Waals surface area (Å²) in [6.45, 7) is 14.0. The molecule has 19 heteroatoms. The minimum Gasteiger partial charge on any atom is -0.462 e. The number of unbranched alkanes of at least 4 members (excludes halogenated alkanes) is 28. The fraction of sp³-hybridized carbons (Fsp3) is 0.940. The first-order valence-corrected chi connectivity index (χ1v) is 37.8. The highest BCUT2D eigenvalue weighted by atomic mass is 31.2. The summed E-state index contributed by atoms with van der Waals surface area (Å²) in [6.07, 6.45) is 37.6. The summed E-state index contributed by atoms with van der Waals surface area (Å²) in [6, 6.07) is 0. The van der Waals surface area contributed by atoms with Crippen molar-refractivity contribution < 1.29 is 80.2 Å². The summed E-state index contributed by atoms with van der Waals surface area (Å²) in [4.78, 5) is 72.4. The van der Waals surface area contributed by atoms with Crippen molar-refractivity contribution in [3.05, 3.63) is 0 Å². The number of phosphoric ester groups is 2. The molecule has 0 aromatic carbocycles. The molecule has 0 radical (unpaired) electrons. The molecule has 0 amide bonds. The van der Waals surface area contributed by atoms with Gasteiger partial charge in [-0.05, 0) is 49.4 Å². The van der Waals surface area contributed by atoms with Crippen molar-refractivity contribution in [2.24, 2.45) is 23.7 Å². The Hall–Kier alpha value is -1.94. The van der Waals surface area contributed by atoms with Gasteiger partial charge in [-0.25, -0.2) is 9.13 Å². The number of phosphoric acid groups is 2. The van der Waals surface area contributed by atoms with Crippen LogP contribution < -0.4 is 0 Å². The molecule has 3 N–H and O–H groups in total. The second kappa shape index (κ2) is 57.0. The third-order valence-corrected chi connectivity index (χ3v) is 17.9. The van der Waals surface area contributed by atoms with Gasteiger partial charge in [0.1, 0.15) is 19.3 Å². The van der Waals surface area contributed by atoms with Gasteiger partial charge in [0.25, 0.3) is 0 Å². The molecular weight excluding hydrogens is 1140 g/mol. The summed E-state index contributed by atoms with van der Waals surface area (Å²) in [5.41, 5.74) is 0. The smallest absolute Gasteiger partial charge is 0.462 e. The van der Waals surface area contributed by atoms with E-state index in [0.29, 0.717) is 31.6 Å². The van der Waals surface area contributed by atoms with Crippen molar-refractivity contribution >= 4 is 39.5 Å². The topological polar surface area (TPSA) is 237 Å². The van der Waals surface area contributed by atoms with Crippen LogP contribution in [-0.4, -0.2) is 96.7 Å². The number of rotatable bonds is 64. The van der Waals surface area contributed by atoms with Gasteiger partial charge >= 0.3 is 39.5 Å². The van der Waals surface area contributed by atoms with E-state index in [4.69, 9.17) is 37.0 Å². The molecule has 0 aliphatic rings. The lowest BCUT2D eigenvalue weighted by atomic mass is 9.99. The Morgan fingerprint density at radius 1 is 0.326 bits per heavy atom. The molecule has 7 atom stereocenters. The van der Waals surface area contributed by atoms with Crippen LogP contribution in [0, 0.1) is 23.7 Å². The van der Waals surface area contributed by atoms with Crippen molar-refractivity contribution in [3.63, 3.8) is 0 Å². The summed E-state index contributed by atoms with van der Waals surface area (Å²) < 4.78 is 68.1. The number of carbonyl (C=O) groups excluding carboxylic acids is 4. The molecule has 0 bridgehead atoms. The number of ether oxygens (including phenoxy) is 4. The third-order valence-electron chi connectivity index (χ3n) is 16.0. The number of esters is 4. The Morgan fingerprint density at radius 3 is 0.826 bits per heavy atom. The zero-order valence-electron chi connectivity index (χ0n) is 55.9. The lowest BCUT2D eigenvalue weighted by Crippen LogP contribution is -2.30. The van der Waals surface area contributed by atoms with Crippen LogP contribution in [0.2, 0.25) is 0 Å². The van der Waals surface area contributed by atoms with Gasteiger partial charge in [-0.3, -0.25) is 37.3 Å². The Labute approximate surface area is 524 Å². The summed E-state index contributed by atoms with van der Waals surface area (Å²) in [5.74, 6) is 0.839. The summed E-state index contributed by atoms with van der Waals surface area (Å²) in [5, 5.41) is 10.6. The Morgan fingerprint density at radius 2 is 0.558 bits per heavy atom. The van der Waals surface area contributed by atoms with Gasteiger partial charge in [0.05, 0.1) is 26.4 Å². The summed E-state index contributed by atoms with van der Waals surface area (Å²) in [7, 11) is -9.90. The number of aliphatic hydroxyl groups is 1. The quantitative estimate of drug-likeness (QED) is 0.0222. The van der Waals surface area contributed by atoms with E-state index in [2.05, 4.69) is 55.4 Å². The van der Waals surface area contributed by atoms with Gasteiger partial charge in [-0.1, -0.05) is 274 Å². The molecule has 0 rings (SSSR count). The van der Waals surface area contributed by atoms with Crippen LogP contribution in [0.5, 0.6) is 0 Å². The van der Waals surface area contributed by atoms with Gasteiger partial charge in [-0.2, -0.15) is 0 Å². The number of hydrogen-bond donors (Lipinski definition) is 3. The molecule has 0 aromatic rings. The minimum absolute atomic E-state index is 0.103. The third kappa shape index (κ3) is 58.4. The molecule has 0 heterocycles. The molecular formula is C67H130O17P2. The van der Waals surface area contributed by atoms with Gasteiger partial charge in [0, 0.05) is 25.7 Å². The number of aliphatic hydroxyl groups excluding tert-OH is 1. The molecule has 4 unspecified atom stereocenters. The van der Waals surface area contributed by atoms with E-state index in [1.807, 2.05) is 0 Å². The van der Waals surface area contributed by atoms with Crippen molar-refractivity contribution in [2.45, 2.75) is 343 Å². The predicted molar refractivity (Wildman–Crippen MR) is 344 cm³/mol. The predicted octanol–water partition coefficient (Wildman–Crippen LogP) is 18.5. The van der Waals surface area contributed by atoms with Crippen LogP contribution in [0.25, 0.3) is 0 Å². The first-order valence-electron chi connectivity index (χ1n) is 34.8. The molecule has 0 saturated heterocycles. The van der Waals surface area contributed by atoms with Gasteiger partial charge in [0.2, 0.25) is 0 Å². The highest BCUT2D eigenvalue weighted by molar-refractivity contribution is 7.47. The van der Waals surface area contributed by atoms with Gasteiger partial charge < -0.3 is 33.8 Å². The molecule has 0 aliphatic carbocycles. The number of carbonyl (C=O) groups is 4.